The molecular formula is C77H132N2. The van der Waals surface area contributed by atoms with E-state index in [9.17, 15) is 5.53 Å². The maximum absolute atomic E-state index is 10.0. The number of allylic oxidation sites excluding steroid dienone is 4. The fourth-order valence-electron chi connectivity index (χ4n) is 12.2. The molecule has 0 saturated heterocycles. The van der Waals surface area contributed by atoms with E-state index in [-0.39, 0.29) is 0 Å². The Morgan fingerprint density at radius 2 is 0.633 bits per heavy atom. The van der Waals surface area contributed by atoms with Gasteiger partial charge in [0.05, 0.1) is 5.57 Å². The lowest BCUT2D eigenvalue weighted by Gasteiger charge is -2.17. The Labute approximate surface area is 494 Å². The molecule has 0 aliphatic carbocycles. The lowest BCUT2D eigenvalue weighted by atomic mass is 9.86. The van der Waals surface area contributed by atoms with Crippen LogP contribution in [-0.2, 0) is 12.8 Å². The second-order valence-electron chi connectivity index (χ2n) is 24.9. The van der Waals surface area contributed by atoms with Gasteiger partial charge in [-0.05, 0) is 79.2 Å². The number of rotatable bonds is 59. The van der Waals surface area contributed by atoms with Crippen molar-refractivity contribution in [2.45, 2.75) is 381 Å². The van der Waals surface area contributed by atoms with Crippen LogP contribution in [0.25, 0.3) is 11.1 Å². The maximum atomic E-state index is 10.0. The summed E-state index contributed by atoms with van der Waals surface area (Å²) in [6.45, 7) is 9.17. The molecule has 0 radical (unpaired) electrons. The number of unbranched alkanes of at least 4 members (excludes halogenated alkanes) is 48. The molecule has 0 heterocycles. The average Bonchev–Trinajstić information content (AvgIpc) is 3.46. The highest BCUT2D eigenvalue weighted by molar-refractivity contribution is 5.89. The molecule has 0 N–H and O–H groups in total. The van der Waals surface area contributed by atoms with Crippen LogP contribution in [0.1, 0.15) is 390 Å². The fraction of sp³-hybridized carbons (Fsp3) is 0.766. The summed E-state index contributed by atoms with van der Waals surface area (Å²) in [4.78, 5) is 3.58. The third-order valence-corrected chi connectivity index (χ3v) is 17.4. The number of nitrogens with zero attached hydrogens (tertiary/aromatic N) is 2. The lowest BCUT2D eigenvalue weighted by Crippen LogP contribution is -2.00. The van der Waals surface area contributed by atoms with Crippen LogP contribution in [0.5, 0.6) is 0 Å². The van der Waals surface area contributed by atoms with Crippen molar-refractivity contribution in [1.82, 2.24) is 0 Å². The Morgan fingerprint density at radius 3 is 0.937 bits per heavy atom. The van der Waals surface area contributed by atoms with Crippen LogP contribution in [0.3, 0.4) is 0 Å². The van der Waals surface area contributed by atoms with Gasteiger partial charge >= 0.3 is 5.87 Å². The van der Waals surface area contributed by atoms with Crippen LogP contribution in [-0.4, -0.2) is 10.7 Å². The normalized spacial score (nSPS) is 11.9. The molecule has 2 aromatic rings. The first-order valence-electron chi connectivity index (χ1n) is 35.7. The molecule has 0 aromatic heterocycles. The Morgan fingerprint density at radius 1 is 0.354 bits per heavy atom. The summed E-state index contributed by atoms with van der Waals surface area (Å²) in [5.41, 5.74) is 18.9. The smallest absolute Gasteiger partial charge is 0.303 e. The molecule has 0 atom stereocenters. The third kappa shape index (κ3) is 42.5. The van der Waals surface area contributed by atoms with Gasteiger partial charge in [-0.3, -0.25) is 0 Å². The Kier molecular flexibility index (Phi) is 52.0. The molecule has 0 saturated carbocycles. The number of hydrogen-bond acceptors (Lipinski definition) is 0. The maximum Gasteiger partial charge on any atom is 0.303 e. The van der Waals surface area contributed by atoms with Crippen LogP contribution in [0.15, 0.2) is 71.8 Å². The second kappa shape index (κ2) is 56.9. The molecule has 2 heteroatoms. The number of benzene rings is 2. The van der Waals surface area contributed by atoms with Crippen LogP contribution in [0.4, 0.5) is 0 Å². The van der Waals surface area contributed by atoms with Gasteiger partial charge in [0.25, 0.3) is 0 Å². The third-order valence-electron chi connectivity index (χ3n) is 17.4. The first-order valence-corrected chi connectivity index (χ1v) is 35.7. The van der Waals surface area contributed by atoms with Gasteiger partial charge in [0.15, 0.2) is 0 Å². The molecule has 79 heavy (non-hydrogen) atoms. The minimum absolute atomic E-state index is 0.846. The highest BCUT2D eigenvalue weighted by Gasteiger charge is 2.18. The van der Waals surface area contributed by atoms with Gasteiger partial charge < -0.3 is 5.53 Å². The van der Waals surface area contributed by atoms with Crippen molar-refractivity contribution in [1.29, 1.82) is 0 Å². The van der Waals surface area contributed by atoms with E-state index >= 15 is 0 Å². The predicted octanol–water partition coefficient (Wildman–Crippen LogP) is 26.7. The SMILES string of the molecule is CCCCCCCCCCCCCCCCCCCCCCCCCCCCC=CC(C(=C=[N+]=[N-])CCCC)=C(c1cccc(CCCCCC)c1)c1cccc(CCCCCCCCCCCCCCCCCCCCC)c1. The van der Waals surface area contributed by atoms with E-state index in [4.69, 9.17) is 0 Å². The number of aryl methyl sites for hydroxylation is 2. The Bertz CT molecular complexity index is 1780. The zero-order chi connectivity index (χ0) is 56.4. The first-order chi connectivity index (χ1) is 39.2. The van der Waals surface area contributed by atoms with Crippen molar-refractivity contribution in [2.75, 3.05) is 0 Å². The van der Waals surface area contributed by atoms with Gasteiger partial charge in [-0.2, -0.15) is 0 Å². The molecular weight excluding hydrogens is 953 g/mol. The van der Waals surface area contributed by atoms with E-state index in [2.05, 4.69) is 99.0 Å². The van der Waals surface area contributed by atoms with E-state index in [0.29, 0.717) is 0 Å². The minimum atomic E-state index is 0.846. The monoisotopic (exact) mass is 1090 g/mol. The highest BCUT2D eigenvalue weighted by Crippen LogP contribution is 2.34. The van der Waals surface area contributed by atoms with Crippen LogP contribution in [0, 0.1) is 0 Å². The van der Waals surface area contributed by atoms with Gasteiger partial charge in [0.2, 0.25) is 0 Å². The Hall–Kier alpha value is -2.92. The summed E-state index contributed by atoms with van der Waals surface area (Å²) in [5.74, 6) is 3.11. The lowest BCUT2D eigenvalue weighted by molar-refractivity contribution is 0.00742. The summed E-state index contributed by atoms with van der Waals surface area (Å²) in [6.07, 6.45) is 80.1. The van der Waals surface area contributed by atoms with Crippen molar-refractivity contribution in [3.63, 3.8) is 0 Å². The summed E-state index contributed by atoms with van der Waals surface area (Å²) in [7, 11) is 0. The van der Waals surface area contributed by atoms with E-state index in [1.807, 2.05) is 0 Å². The molecule has 450 valence electrons. The molecule has 2 aromatic carbocycles. The molecule has 0 bridgehead atoms. The second-order valence-corrected chi connectivity index (χ2v) is 24.9. The molecule has 2 nitrogen and oxygen atoms in total. The van der Waals surface area contributed by atoms with Gasteiger partial charge in [0.1, 0.15) is 0 Å². The van der Waals surface area contributed by atoms with Crippen LogP contribution < -0.4 is 0 Å². The largest absolute Gasteiger partial charge is 0.348 e. The minimum Gasteiger partial charge on any atom is -0.348 e. The topological polar surface area (TPSA) is 36.4 Å². The molecule has 0 aliphatic heterocycles. The van der Waals surface area contributed by atoms with Gasteiger partial charge in [0, 0.05) is 5.57 Å². The van der Waals surface area contributed by atoms with Crippen molar-refractivity contribution >= 4 is 11.4 Å². The van der Waals surface area contributed by atoms with Crippen molar-refractivity contribution in [3.8, 4) is 0 Å². The molecule has 0 aliphatic rings. The molecule has 0 fully saturated rings. The van der Waals surface area contributed by atoms with Gasteiger partial charge in [-0.1, -0.05) is 390 Å². The molecule has 0 spiro atoms. The quantitative estimate of drug-likeness (QED) is 0.0208. The van der Waals surface area contributed by atoms with E-state index in [1.165, 1.54) is 348 Å². The van der Waals surface area contributed by atoms with Gasteiger partial charge in [-0.25, -0.2) is 0 Å². The first kappa shape index (κ1) is 72.2. The summed E-state index contributed by atoms with van der Waals surface area (Å²) in [6, 6.07) is 18.8. The predicted molar refractivity (Wildman–Crippen MR) is 355 cm³/mol. The van der Waals surface area contributed by atoms with Gasteiger partial charge in [-0.15, -0.1) is 4.79 Å². The zero-order valence-electron chi connectivity index (χ0n) is 53.6. The molecule has 2 rings (SSSR count). The summed E-state index contributed by atoms with van der Waals surface area (Å²) in [5, 5.41) is 0. The van der Waals surface area contributed by atoms with Crippen LogP contribution in [0.2, 0.25) is 0 Å². The molecule has 0 unspecified atom stereocenters. The van der Waals surface area contributed by atoms with Crippen molar-refractivity contribution in [3.05, 3.63) is 99.6 Å². The molecule has 0 amide bonds. The van der Waals surface area contributed by atoms with E-state index < -0.39 is 0 Å². The number of hydrogen-bond donors (Lipinski definition) is 0. The van der Waals surface area contributed by atoms with E-state index in [1.54, 1.807) is 0 Å². The summed E-state index contributed by atoms with van der Waals surface area (Å²) >= 11 is 0. The average molecular weight is 1090 g/mol. The fourth-order valence-corrected chi connectivity index (χ4v) is 12.2. The summed E-state index contributed by atoms with van der Waals surface area (Å²) < 4.78 is 0. The Balaban J connectivity index is 1.85. The van der Waals surface area contributed by atoms with Crippen LogP contribution >= 0.6 is 0 Å². The highest BCUT2D eigenvalue weighted by atomic mass is 14.8. The standard InChI is InChI=1S/C77H132N2/c1-5-9-13-16-18-20-22-24-26-28-30-31-32-33-34-35-36-37-38-40-42-44-46-48-50-52-54-57-67-76(75(70-79-78)64-12-8-4)77(73-65-58-62-71(68-73)60-55-15-11-7-3)74-66-59-63-72(69-74)61-56-53-51-49-47-45-43-41-39-29-27-25-23-21-19-17-14-10-6-2/h57-59,62-63,65-69H,5-56,60-61,64H2,1-4H3. The van der Waals surface area contributed by atoms with Crippen molar-refractivity contribution in [2.24, 2.45) is 0 Å². The zero-order valence-corrected chi connectivity index (χ0v) is 53.6. The van der Waals surface area contributed by atoms with Crippen molar-refractivity contribution < 1.29 is 4.79 Å². The van der Waals surface area contributed by atoms with E-state index in [0.717, 1.165) is 44.1 Å².